The minimum atomic E-state index is 0.447. The van der Waals surface area contributed by atoms with Gasteiger partial charge in [0.15, 0.2) is 0 Å². The molecular weight excluding hydrogens is 212 g/mol. The average Bonchev–Trinajstić information content (AvgIpc) is 2.37. The first-order valence-corrected chi connectivity index (χ1v) is 7.19. The maximum atomic E-state index is 5.49. The third kappa shape index (κ3) is 4.94. The third-order valence-electron chi connectivity index (χ3n) is 4.05. The number of nitrogens with zero attached hydrogens (tertiary/aromatic N) is 1. The van der Waals surface area contributed by atoms with E-state index in [1.54, 1.807) is 0 Å². The highest BCUT2D eigenvalue weighted by Gasteiger charge is 2.23. The summed E-state index contributed by atoms with van der Waals surface area (Å²) in [4.78, 5) is 2.57. The molecule has 0 radical (unpaired) electrons. The fourth-order valence-electron chi connectivity index (χ4n) is 2.64. The number of piperidine rings is 1. The fourth-order valence-corrected chi connectivity index (χ4v) is 2.64. The Morgan fingerprint density at radius 3 is 2.76 bits per heavy atom. The molecule has 102 valence electrons. The SMILES string of the molecule is CCNC(CN1CCCC(OC)C1)C(C)CC. The summed E-state index contributed by atoms with van der Waals surface area (Å²) in [6, 6.07) is 0.626. The standard InChI is InChI=1S/C14H30N2O/c1-5-12(3)14(15-6-2)11-16-9-7-8-13(10-16)17-4/h12-15H,5-11H2,1-4H3. The lowest BCUT2D eigenvalue weighted by atomic mass is 9.97. The topological polar surface area (TPSA) is 24.5 Å². The third-order valence-corrected chi connectivity index (χ3v) is 4.05. The Morgan fingerprint density at radius 1 is 1.41 bits per heavy atom. The molecule has 0 aromatic carbocycles. The molecule has 1 heterocycles. The summed E-state index contributed by atoms with van der Waals surface area (Å²) in [6.45, 7) is 11.4. The Labute approximate surface area is 107 Å². The minimum absolute atomic E-state index is 0.447. The van der Waals surface area contributed by atoms with Gasteiger partial charge in [0.05, 0.1) is 6.10 Å². The van der Waals surface area contributed by atoms with Crippen LogP contribution in [0, 0.1) is 5.92 Å². The van der Waals surface area contributed by atoms with Crippen LogP contribution in [-0.4, -0.2) is 50.3 Å². The number of hydrogen-bond donors (Lipinski definition) is 1. The van der Waals surface area contributed by atoms with Crippen molar-refractivity contribution < 1.29 is 4.74 Å². The highest BCUT2D eigenvalue weighted by atomic mass is 16.5. The highest BCUT2D eigenvalue weighted by Crippen LogP contribution is 2.15. The summed E-state index contributed by atoms with van der Waals surface area (Å²) in [7, 11) is 1.84. The van der Waals surface area contributed by atoms with Gasteiger partial charge in [-0.25, -0.2) is 0 Å². The van der Waals surface area contributed by atoms with Crippen molar-refractivity contribution in [2.24, 2.45) is 5.92 Å². The lowest BCUT2D eigenvalue weighted by molar-refractivity contribution is 0.0258. The van der Waals surface area contributed by atoms with Gasteiger partial charge in [0.2, 0.25) is 0 Å². The zero-order valence-electron chi connectivity index (χ0n) is 12.0. The van der Waals surface area contributed by atoms with Crippen molar-refractivity contribution in [3.63, 3.8) is 0 Å². The van der Waals surface area contributed by atoms with Crippen molar-refractivity contribution in [3.05, 3.63) is 0 Å². The summed E-state index contributed by atoms with van der Waals surface area (Å²) in [5, 5.41) is 3.63. The first kappa shape index (κ1) is 14.9. The van der Waals surface area contributed by atoms with E-state index in [2.05, 4.69) is 31.0 Å². The first-order valence-electron chi connectivity index (χ1n) is 7.19. The van der Waals surface area contributed by atoms with E-state index < -0.39 is 0 Å². The van der Waals surface area contributed by atoms with E-state index in [-0.39, 0.29) is 0 Å². The van der Waals surface area contributed by atoms with Gasteiger partial charge in [-0.1, -0.05) is 27.2 Å². The summed E-state index contributed by atoms with van der Waals surface area (Å²) in [6.07, 6.45) is 4.20. The van der Waals surface area contributed by atoms with E-state index in [1.807, 2.05) is 7.11 Å². The fraction of sp³-hybridized carbons (Fsp3) is 1.00. The normalized spacial score (nSPS) is 25.8. The number of nitrogens with one attached hydrogen (secondary N) is 1. The van der Waals surface area contributed by atoms with Crippen LogP contribution in [0.1, 0.15) is 40.0 Å². The molecule has 0 spiro atoms. The summed E-state index contributed by atoms with van der Waals surface area (Å²) >= 11 is 0. The van der Waals surface area contributed by atoms with Gasteiger partial charge in [-0.3, -0.25) is 4.90 Å². The molecule has 1 rings (SSSR count). The average molecular weight is 242 g/mol. The number of likely N-dealkylation sites (tertiary alicyclic amines) is 1. The quantitative estimate of drug-likeness (QED) is 0.740. The molecule has 1 saturated heterocycles. The van der Waals surface area contributed by atoms with Crippen LogP contribution in [0.3, 0.4) is 0 Å². The number of methoxy groups -OCH3 is 1. The van der Waals surface area contributed by atoms with E-state index >= 15 is 0 Å². The molecule has 0 saturated carbocycles. The van der Waals surface area contributed by atoms with Crippen molar-refractivity contribution in [2.45, 2.75) is 52.2 Å². The molecule has 3 nitrogen and oxygen atoms in total. The van der Waals surface area contributed by atoms with Crippen molar-refractivity contribution in [1.29, 1.82) is 0 Å². The van der Waals surface area contributed by atoms with Crippen molar-refractivity contribution in [2.75, 3.05) is 33.3 Å². The second kappa shape index (κ2) is 8.06. The molecule has 3 atom stereocenters. The van der Waals surface area contributed by atoms with Crippen LogP contribution in [0.5, 0.6) is 0 Å². The van der Waals surface area contributed by atoms with Crippen LogP contribution in [0.25, 0.3) is 0 Å². The molecule has 1 aliphatic rings. The van der Waals surface area contributed by atoms with Gasteiger partial charge in [0.1, 0.15) is 0 Å². The maximum Gasteiger partial charge on any atom is 0.0698 e. The summed E-state index contributed by atoms with van der Waals surface area (Å²) < 4.78 is 5.49. The Morgan fingerprint density at radius 2 is 2.18 bits per heavy atom. The number of rotatable bonds is 7. The van der Waals surface area contributed by atoms with Crippen LogP contribution in [-0.2, 0) is 4.74 Å². The van der Waals surface area contributed by atoms with Gasteiger partial charge in [0.25, 0.3) is 0 Å². The Bertz CT molecular complexity index is 199. The maximum absolute atomic E-state index is 5.49. The second-order valence-electron chi connectivity index (χ2n) is 5.31. The van der Waals surface area contributed by atoms with Crippen molar-refractivity contribution in [3.8, 4) is 0 Å². The molecular formula is C14H30N2O. The molecule has 0 aromatic heterocycles. The molecule has 1 aliphatic heterocycles. The number of ether oxygens (including phenoxy) is 1. The van der Waals surface area contributed by atoms with Crippen LogP contribution < -0.4 is 5.32 Å². The predicted octanol–water partition coefficient (Wildman–Crippen LogP) is 2.12. The molecule has 1 N–H and O–H groups in total. The molecule has 3 heteroatoms. The van der Waals surface area contributed by atoms with E-state index in [9.17, 15) is 0 Å². The van der Waals surface area contributed by atoms with Crippen molar-refractivity contribution >= 4 is 0 Å². The van der Waals surface area contributed by atoms with Crippen LogP contribution in [0.15, 0.2) is 0 Å². The van der Waals surface area contributed by atoms with Gasteiger partial charge in [-0.15, -0.1) is 0 Å². The molecule has 0 aliphatic carbocycles. The van der Waals surface area contributed by atoms with Crippen molar-refractivity contribution in [1.82, 2.24) is 10.2 Å². The molecule has 17 heavy (non-hydrogen) atoms. The Hall–Kier alpha value is -0.120. The zero-order chi connectivity index (χ0) is 12.7. The van der Waals surface area contributed by atoms with E-state index in [0.29, 0.717) is 12.1 Å². The monoisotopic (exact) mass is 242 g/mol. The van der Waals surface area contributed by atoms with E-state index in [1.165, 1.54) is 32.4 Å². The largest absolute Gasteiger partial charge is 0.380 e. The molecule has 1 fully saturated rings. The summed E-state index contributed by atoms with van der Waals surface area (Å²) in [5.74, 6) is 0.748. The molecule has 0 aromatic rings. The smallest absolute Gasteiger partial charge is 0.0698 e. The summed E-state index contributed by atoms with van der Waals surface area (Å²) in [5.41, 5.74) is 0. The van der Waals surface area contributed by atoms with E-state index in [0.717, 1.165) is 19.0 Å². The lowest BCUT2D eigenvalue weighted by Crippen LogP contribution is -2.49. The second-order valence-corrected chi connectivity index (χ2v) is 5.31. The minimum Gasteiger partial charge on any atom is -0.380 e. The van der Waals surface area contributed by atoms with Gasteiger partial charge in [-0.05, 0) is 31.8 Å². The van der Waals surface area contributed by atoms with Gasteiger partial charge in [0, 0.05) is 26.2 Å². The number of likely N-dealkylation sites (N-methyl/N-ethyl adjacent to an activating group) is 1. The van der Waals surface area contributed by atoms with Gasteiger partial charge >= 0.3 is 0 Å². The first-order chi connectivity index (χ1) is 8.21. The lowest BCUT2D eigenvalue weighted by Gasteiger charge is -2.36. The molecule has 3 unspecified atom stereocenters. The molecule has 0 bridgehead atoms. The number of hydrogen-bond acceptors (Lipinski definition) is 3. The van der Waals surface area contributed by atoms with E-state index in [4.69, 9.17) is 4.74 Å². The van der Waals surface area contributed by atoms with Gasteiger partial charge in [-0.2, -0.15) is 0 Å². The van der Waals surface area contributed by atoms with Crippen LogP contribution >= 0.6 is 0 Å². The molecule has 0 amide bonds. The zero-order valence-corrected chi connectivity index (χ0v) is 12.0. The Balaban J connectivity index is 2.42. The Kier molecular flexibility index (Phi) is 7.09. The van der Waals surface area contributed by atoms with Gasteiger partial charge < -0.3 is 10.1 Å². The van der Waals surface area contributed by atoms with Crippen LogP contribution in [0.2, 0.25) is 0 Å². The predicted molar refractivity (Wildman–Crippen MR) is 73.4 cm³/mol. The van der Waals surface area contributed by atoms with Crippen LogP contribution in [0.4, 0.5) is 0 Å². The highest BCUT2D eigenvalue weighted by molar-refractivity contribution is 4.80.